The van der Waals surface area contributed by atoms with E-state index >= 15 is 0 Å². The summed E-state index contributed by atoms with van der Waals surface area (Å²) in [5, 5.41) is 2.67. The highest BCUT2D eigenvalue weighted by Gasteiger charge is 2.23. The highest BCUT2D eigenvalue weighted by molar-refractivity contribution is 5.90. The fourth-order valence-electron chi connectivity index (χ4n) is 1.94. The molecule has 1 heterocycles. The van der Waals surface area contributed by atoms with E-state index in [1.165, 1.54) is 6.92 Å². The van der Waals surface area contributed by atoms with Crippen LogP contribution >= 0.6 is 0 Å². The molecule has 0 radical (unpaired) electrons. The second kappa shape index (κ2) is 6.33. The van der Waals surface area contributed by atoms with Gasteiger partial charge in [0.2, 0.25) is 5.91 Å². The Kier molecular flexibility index (Phi) is 4.52. The Balaban J connectivity index is 1.94. The number of benzene rings is 1. The van der Waals surface area contributed by atoms with Crippen LogP contribution in [0.15, 0.2) is 24.3 Å². The lowest BCUT2D eigenvalue weighted by molar-refractivity contribution is -0.124. The number of Topliss-reactive ketones (excluding diaryl/α,β-unsaturated/α-hetero) is 1. The Morgan fingerprint density at radius 1 is 1.42 bits per heavy atom. The monoisotopic (exact) mass is 263 g/mol. The fraction of sp³-hybridized carbons (Fsp3) is 0.429. The molecule has 0 aromatic heterocycles. The van der Waals surface area contributed by atoms with Gasteiger partial charge in [-0.15, -0.1) is 0 Å². The third-order valence-corrected chi connectivity index (χ3v) is 2.95. The number of hydrogen-bond acceptors (Lipinski definition) is 4. The number of ether oxygens (including phenoxy) is 2. The van der Waals surface area contributed by atoms with Crippen LogP contribution in [0, 0.1) is 5.92 Å². The third-order valence-electron chi connectivity index (χ3n) is 2.95. The summed E-state index contributed by atoms with van der Waals surface area (Å²) in [6.45, 7) is 2.55. The minimum atomic E-state index is -0.174. The molecule has 0 aliphatic carbocycles. The molecule has 0 saturated carbocycles. The summed E-state index contributed by atoms with van der Waals surface area (Å²) in [5.74, 6) is 0.305. The maximum atomic E-state index is 11.9. The second-order valence-electron chi connectivity index (χ2n) is 4.49. The van der Waals surface area contributed by atoms with Crippen molar-refractivity contribution in [1.82, 2.24) is 0 Å². The average molecular weight is 263 g/mol. The zero-order valence-electron chi connectivity index (χ0n) is 10.8. The van der Waals surface area contributed by atoms with Crippen LogP contribution < -0.4 is 10.1 Å². The van der Waals surface area contributed by atoms with Crippen LogP contribution in [0.5, 0.6) is 5.75 Å². The second-order valence-corrected chi connectivity index (χ2v) is 4.49. The standard InChI is InChI=1S/C14H17NO4/c1-10(16)15-12-4-2-3-5-14(12)19-9-13(17)11-6-7-18-8-11/h2-5,11H,6-9H2,1H3,(H,15,16). The van der Waals surface area contributed by atoms with Gasteiger partial charge in [0.15, 0.2) is 5.78 Å². The van der Waals surface area contributed by atoms with E-state index in [1.807, 2.05) is 0 Å². The van der Waals surface area contributed by atoms with Gasteiger partial charge in [-0.2, -0.15) is 0 Å². The number of anilines is 1. The molecule has 0 spiro atoms. The molecule has 1 saturated heterocycles. The van der Waals surface area contributed by atoms with Crippen LogP contribution in [0.25, 0.3) is 0 Å². The largest absolute Gasteiger partial charge is 0.484 e. The van der Waals surface area contributed by atoms with Gasteiger partial charge in [0.1, 0.15) is 12.4 Å². The Morgan fingerprint density at radius 3 is 2.89 bits per heavy atom. The maximum absolute atomic E-state index is 11.9. The SMILES string of the molecule is CC(=O)Nc1ccccc1OCC(=O)C1CCOC1. The minimum absolute atomic E-state index is 0.00459. The minimum Gasteiger partial charge on any atom is -0.484 e. The molecule has 19 heavy (non-hydrogen) atoms. The van der Waals surface area contributed by atoms with Gasteiger partial charge in [-0.3, -0.25) is 9.59 Å². The molecule has 1 aromatic carbocycles. The number of para-hydroxylation sites is 2. The summed E-state index contributed by atoms with van der Waals surface area (Å²) in [6, 6.07) is 7.05. The van der Waals surface area contributed by atoms with Crippen LogP contribution in [-0.2, 0) is 14.3 Å². The van der Waals surface area contributed by atoms with E-state index in [-0.39, 0.29) is 24.2 Å². The van der Waals surface area contributed by atoms with E-state index in [4.69, 9.17) is 9.47 Å². The Hall–Kier alpha value is -1.88. The Bertz CT molecular complexity index is 466. The van der Waals surface area contributed by atoms with Gasteiger partial charge in [-0.05, 0) is 18.6 Å². The van der Waals surface area contributed by atoms with Gasteiger partial charge in [0.25, 0.3) is 0 Å². The van der Waals surface area contributed by atoms with E-state index in [1.54, 1.807) is 24.3 Å². The Morgan fingerprint density at radius 2 is 2.21 bits per heavy atom. The molecule has 0 bridgehead atoms. The predicted molar refractivity (Wildman–Crippen MR) is 70.2 cm³/mol. The molecule has 1 aromatic rings. The van der Waals surface area contributed by atoms with Crippen molar-refractivity contribution in [3.8, 4) is 5.75 Å². The van der Waals surface area contributed by atoms with Crippen molar-refractivity contribution in [2.24, 2.45) is 5.92 Å². The third kappa shape index (κ3) is 3.79. The quantitative estimate of drug-likeness (QED) is 0.877. The smallest absolute Gasteiger partial charge is 0.221 e. The number of hydrogen-bond donors (Lipinski definition) is 1. The summed E-state index contributed by atoms with van der Waals surface area (Å²) < 4.78 is 10.7. The zero-order chi connectivity index (χ0) is 13.7. The van der Waals surface area contributed by atoms with Gasteiger partial charge in [-0.1, -0.05) is 12.1 Å². The van der Waals surface area contributed by atoms with E-state index in [9.17, 15) is 9.59 Å². The molecule has 102 valence electrons. The average Bonchev–Trinajstić information content (AvgIpc) is 2.90. The van der Waals surface area contributed by atoms with E-state index in [2.05, 4.69) is 5.32 Å². The lowest BCUT2D eigenvalue weighted by atomic mass is 10.0. The molecule has 1 amide bonds. The molecule has 5 heteroatoms. The van der Waals surface area contributed by atoms with Crippen LogP contribution in [-0.4, -0.2) is 31.5 Å². The number of amides is 1. The van der Waals surface area contributed by atoms with Crippen molar-refractivity contribution >= 4 is 17.4 Å². The molecule has 1 unspecified atom stereocenters. The highest BCUT2D eigenvalue weighted by atomic mass is 16.5. The van der Waals surface area contributed by atoms with Crippen LogP contribution in [0.2, 0.25) is 0 Å². The van der Waals surface area contributed by atoms with Crippen molar-refractivity contribution in [2.75, 3.05) is 25.1 Å². The number of carbonyl (C=O) groups excluding carboxylic acids is 2. The van der Waals surface area contributed by atoms with Gasteiger partial charge >= 0.3 is 0 Å². The molecule has 1 N–H and O–H groups in total. The van der Waals surface area contributed by atoms with Crippen molar-refractivity contribution in [3.63, 3.8) is 0 Å². The molecular weight excluding hydrogens is 246 g/mol. The molecular formula is C14H17NO4. The van der Waals surface area contributed by atoms with Crippen molar-refractivity contribution in [3.05, 3.63) is 24.3 Å². The van der Waals surface area contributed by atoms with Crippen LogP contribution in [0.1, 0.15) is 13.3 Å². The normalized spacial score (nSPS) is 18.1. The van der Waals surface area contributed by atoms with Gasteiger partial charge in [0.05, 0.1) is 12.3 Å². The van der Waals surface area contributed by atoms with Gasteiger partial charge in [0, 0.05) is 19.4 Å². The number of carbonyl (C=O) groups is 2. The predicted octanol–water partition coefficient (Wildman–Crippen LogP) is 1.63. The summed E-state index contributed by atoms with van der Waals surface area (Å²) in [4.78, 5) is 22.9. The summed E-state index contributed by atoms with van der Waals surface area (Å²) in [6.07, 6.45) is 0.759. The molecule has 1 aliphatic rings. The van der Waals surface area contributed by atoms with Gasteiger partial charge in [-0.25, -0.2) is 0 Å². The Labute approximate surface area is 111 Å². The highest BCUT2D eigenvalue weighted by Crippen LogP contribution is 2.24. The summed E-state index contributed by atoms with van der Waals surface area (Å²) >= 11 is 0. The van der Waals surface area contributed by atoms with Crippen LogP contribution in [0.3, 0.4) is 0 Å². The van der Waals surface area contributed by atoms with E-state index < -0.39 is 0 Å². The van der Waals surface area contributed by atoms with Crippen molar-refractivity contribution in [1.29, 1.82) is 0 Å². The number of ketones is 1. The molecule has 1 atom stereocenters. The molecule has 2 rings (SSSR count). The topological polar surface area (TPSA) is 64.6 Å². The first-order chi connectivity index (χ1) is 9.16. The molecule has 1 aliphatic heterocycles. The van der Waals surface area contributed by atoms with Crippen molar-refractivity contribution < 1.29 is 19.1 Å². The fourth-order valence-corrected chi connectivity index (χ4v) is 1.94. The number of nitrogens with one attached hydrogen (secondary N) is 1. The van der Waals surface area contributed by atoms with Crippen molar-refractivity contribution in [2.45, 2.75) is 13.3 Å². The lowest BCUT2D eigenvalue weighted by Crippen LogP contribution is -2.22. The first-order valence-electron chi connectivity index (χ1n) is 6.26. The summed E-state index contributed by atoms with van der Waals surface area (Å²) in [5.41, 5.74) is 0.575. The zero-order valence-corrected chi connectivity index (χ0v) is 10.8. The van der Waals surface area contributed by atoms with Crippen LogP contribution in [0.4, 0.5) is 5.69 Å². The number of rotatable bonds is 5. The first kappa shape index (κ1) is 13.5. The molecule has 1 fully saturated rings. The molecule has 5 nitrogen and oxygen atoms in total. The lowest BCUT2D eigenvalue weighted by Gasteiger charge is -2.12. The van der Waals surface area contributed by atoms with E-state index in [0.29, 0.717) is 24.7 Å². The first-order valence-corrected chi connectivity index (χ1v) is 6.26. The maximum Gasteiger partial charge on any atom is 0.221 e. The van der Waals surface area contributed by atoms with Gasteiger partial charge < -0.3 is 14.8 Å². The summed E-state index contributed by atoms with van der Waals surface area (Å²) in [7, 11) is 0. The van der Waals surface area contributed by atoms with E-state index in [0.717, 1.165) is 6.42 Å².